The SMILES string of the molecule is NS(=O)(=O)c1ccc(CCNS(=O)(=O)c2cccc(Cl)c2)cc1. The molecule has 0 spiro atoms. The molecular formula is C14H15ClN2O4S2. The molecular weight excluding hydrogens is 360 g/mol. The van der Waals surface area contributed by atoms with Crippen LogP contribution in [0.4, 0.5) is 0 Å². The van der Waals surface area contributed by atoms with Gasteiger partial charge in [0.05, 0.1) is 9.79 Å². The Morgan fingerprint density at radius 1 is 0.957 bits per heavy atom. The normalized spacial score (nSPS) is 12.3. The highest BCUT2D eigenvalue weighted by atomic mass is 35.5. The molecule has 2 aromatic rings. The van der Waals surface area contributed by atoms with Gasteiger partial charge in [0.2, 0.25) is 20.0 Å². The van der Waals surface area contributed by atoms with Crippen molar-refractivity contribution in [2.24, 2.45) is 5.14 Å². The van der Waals surface area contributed by atoms with E-state index in [0.717, 1.165) is 5.56 Å². The molecule has 0 aromatic heterocycles. The van der Waals surface area contributed by atoms with E-state index in [1.807, 2.05) is 0 Å². The monoisotopic (exact) mass is 374 g/mol. The maximum atomic E-state index is 12.1. The fraction of sp³-hybridized carbons (Fsp3) is 0.143. The number of primary sulfonamides is 1. The Hall–Kier alpha value is -1.45. The van der Waals surface area contributed by atoms with Crippen molar-refractivity contribution in [3.8, 4) is 0 Å². The summed E-state index contributed by atoms with van der Waals surface area (Å²) >= 11 is 5.78. The van der Waals surface area contributed by atoms with Gasteiger partial charge in [-0.15, -0.1) is 0 Å². The minimum Gasteiger partial charge on any atom is -0.225 e. The molecule has 0 aliphatic heterocycles. The summed E-state index contributed by atoms with van der Waals surface area (Å²) in [6.07, 6.45) is 0.407. The Balaban J connectivity index is 1.99. The quantitative estimate of drug-likeness (QED) is 0.799. The van der Waals surface area contributed by atoms with Gasteiger partial charge in [0.25, 0.3) is 0 Å². The van der Waals surface area contributed by atoms with Gasteiger partial charge in [-0.1, -0.05) is 29.8 Å². The van der Waals surface area contributed by atoms with Gasteiger partial charge in [0.15, 0.2) is 0 Å². The van der Waals surface area contributed by atoms with Crippen LogP contribution in [0.2, 0.25) is 5.02 Å². The maximum absolute atomic E-state index is 12.1. The van der Waals surface area contributed by atoms with Crippen LogP contribution in [0.15, 0.2) is 58.3 Å². The molecule has 9 heteroatoms. The van der Waals surface area contributed by atoms with Gasteiger partial charge in [0.1, 0.15) is 0 Å². The second-order valence-corrected chi connectivity index (χ2v) is 8.56. The zero-order valence-electron chi connectivity index (χ0n) is 11.9. The fourth-order valence-corrected chi connectivity index (χ4v) is 3.74. The lowest BCUT2D eigenvalue weighted by molar-refractivity contribution is 0.581. The third kappa shape index (κ3) is 5.02. The predicted molar refractivity (Wildman–Crippen MR) is 88.2 cm³/mol. The first kappa shape index (κ1) is 17.9. The van der Waals surface area contributed by atoms with Crippen LogP contribution < -0.4 is 9.86 Å². The van der Waals surface area contributed by atoms with E-state index in [9.17, 15) is 16.8 Å². The summed E-state index contributed by atoms with van der Waals surface area (Å²) in [6.45, 7) is 0.170. The summed E-state index contributed by atoms with van der Waals surface area (Å²) in [4.78, 5) is 0.107. The van der Waals surface area contributed by atoms with E-state index in [-0.39, 0.29) is 16.3 Å². The number of halogens is 1. The molecule has 0 aliphatic rings. The smallest absolute Gasteiger partial charge is 0.225 e. The van der Waals surface area contributed by atoms with E-state index in [0.29, 0.717) is 11.4 Å². The standard InChI is InChI=1S/C14H15ClN2O4S2/c15-12-2-1-3-14(10-12)23(20,21)17-9-8-11-4-6-13(7-5-11)22(16,18)19/h1-7,10,17H,8-9H2,(H2,16,18,19). The molecule has 0 amide bonds. The number of rotatable bonds is 6. The van der Waals surface area contributed by atoms with E-state index in [4.69, 9.17) is 16.7 Å². The molecule has 0 saturated carbocycles. The third-order valence-electron chi connectivity index (χ3n) is 3.06. The van der Waals surface area contributed by atoms with Crippen LogP contribution in [0.1, 0.15) is 5.56 Å². The van der Waals surface area contributed by atoms with Gasteiger partial charge in [-0.3, -0.25) is 0 Å². The lowest BCUT2D eigenvalue weighted by atomic mass is 10.2. The number of hydrogen-bond donors (Lipinski definition) is 2. The van der Waals surface area contributed by atoms with Gasteiger partial charge in [-0.05, 0) is 42.3 Å². The van der Waals surface area contributed by atoms with Crippen molar-refractivity contribution in [1.82, 2.24) is 4.72 Å². The van der Waals surface area contributed by atoms with Crippen LogP contribution in [0.5, 0.6) is 0 Å². The third-order valence-corrected chi connectivity index (χ3v) is 5.69. The number of hydrogen-bond acceptors (Lipinski definition) is 4. The van der Waals surface area contributed by atoms with Crippen molar-refractivity contribution in [2.75, 3.05) is 6.54 Å². The molecule has 0 atom stereocenters. The summed E-state index contributed by atoms with van der Waals surface area (Å²) in [5.74, 6) is 0. The summed E-state index contributed by atoms with van der Waals surface area (Å²) in [6, 6.07) is 11.9. The lowest BCUT2D eigenvalue weighted by Gasteiger charge is -2.07. The molecule has 23 heavy (non-hydrogen) atoms. The van der Waals surface area contributed by atoms with Crippen LogP contribution in [-0.2, 0) is 26.5 Å². The van der Waals surface area contributed by atoms with E-state index in [1.165, 1.54) is 24.3 Å². The lowest BCUT2D eigenvalue weighted by Crippen LogP contribution is -2.26. The fourth-order valence-electron chi connectivity index (χ4n) is 1.89. The molecule has 0 unspecified atom stereocenters. The van der Waals surface area contributed by atoms with Crippen LogP contribution in [0.3, 0.4) is 0 Å². The Bertz CT molecular complexity index is 895. The van der Waals surface area contributed by atoms with Crippen LogP contribution >= 0.6 is 11.6 Å². The molecule has 3 N–H and O–H groups in total. The van der Waals surface area contributed by atoms with Gasteiger partial charge in [-0.25, -0.2) is 26.7 Å². The van der Waals surface area contributed by atoms with Gasteiger partial charge in [0, 0.05) is 11.6 Å². The second kappa shape index (κ2) is 6.98. The van der Waals surface area contributed by atoms with Gasteiger partial charge in [-0.2, -0.15) is 0 Å². The minimum absolute atomic E-state index is 0.0146. The first-order valence-electron chi connectivity index (χ1n) is 6.55. The number of benzene rings is 2. The molecule has 2 rings (SSSR count). The molecule has 0 aliphatic carbocycles. The van der Waals surface area contributed by atoms with E-state index in [2.05, 4.69) is 4.72 Å². The highest BCUT2D eigenvalue weighted by Crippen LogP contribution is 2.15. The largest absolute Gasteiger partial charge is 0.240 e. The highest BCUT2D eigenvalue weighted by molar-refractivity contribution is 7.89. The Labute approximate surface area is 140 Å². The Morgan fingerprint density at radius 2 is 1.61 bits per heavy atom. The highest BCUT2D eigenvalue weighted by Gasteiger charge is 2.13. The van der Waals surface area contributed by atoms with Crippen molar-refractivity contribution in [1.29, 1.82) is 0 Å². The van der Waals surface area contributed by atoms with Crippen LogP contribution in [0.25, 0.3) is 0 Å². The topological polar surface area (TPSA) is 106 Å². The molecule has 0 bridgehead atoms. The first-order chi connectivity index (χ1) is 10.7. The summed E-state index contributed by atoms with van der Waals surface area (Å²) in [5, 5.41) is 5.35. The van der Waals surface area contributed by atoms with Crippen molar-refractivity contribution in [3.63, 3.8) is 0 Å². The zero-order valence-corrected chi connectivity index (χ0v) is 14.3. The van der Waals surface area contributed by atoms with Crippen molar-refractivity contribution in [3.05, 3.63) is 59.1 Å². The molecule has 0 heterocycles. The van der Waals surface area contributed by atoms with Crippen molar-refractivity contribution in [2.45, 2.75) is 16.2 Å². The number of nitrogens with one attached hydrogen (secondary N) is 1. The predicted octanol–water partition coefficient (Wildman–Crippen LogP) is 1.51. The Kier molecular flexibility index (Phi) is 5.43. The summed E-state index contributed by atoms with van der Waals surface area (Å²) in [7, 11) is -7.36. The molecule has 6 nitrogen and oxygen atoms in total. The Morgan fingerprint density at radius 3 is 2.17 bits per heavy atom. The van der Waals surface area contributed by atoms with E-state index in [1.54, 1.807) is 24.3 Å². The second-order valence-electron chi connectivity index (χ2n) is 4.79. The van der Waals surface area contributed by atoms with Crippen LogP contribution in [0, 0.1) is 0 Å². The maximum Gasteiger partial charge on any atom is 0.240 e. The van der Waals surface area contributed by atoms with Crippen molar-refractivity contribution < 1.29 is 16.8 Å². The van der Waals surface area contributed by atoms with E-state index >= 15 is 0 Å². The molecule has 0 radical (unpaired) electrons. The minimum atomic E-state index is -3.73. The van der Waals surface area contributed by atoms with Crippen LogP contribution in [-0.4, -0.2) is 23.4 Å². The average Bonchev–Trinajstić information content (AvgIpc) is 2.47. The molecule has 0 saturated heterocycles. The first-order valence-corrected chi connectivity index (χ1v) is 9.96. The zero-order chi connectivity index (χ0) is 17.1. The van der Waals surface area contributed by atoms with Gasteiger partial charge >= 0.3 is 0 Å². The average molecular weight is 375 g/mol. The van der Waals surface area contributed by atoms with Crippen molar-refractivity contribution >= 4 is 31.6 Å². The molecule has 2 aromatic carbocycles. The summed E-state index contributed by atoms with van der Waals surface area (Å²) < 4.78 is 49.0. The number of sulfonamides is 2. The van der Waals surface area contributed by atoms with E-state index < -0.39 is 20.0 Å². The number of nitrogens with two attached hydrogens (primary N) is 1. The molecule has 0 fully saturated rings. The molecule has 124 valence electrons. The summed E-state index contributed by atoms with van der Waals surface area (Å²) in [5.41, 5.74) is 0.784. The van der Waals surface area contributed by atoms with Gasteiger partial charge < -0.3 is 0 Å².